The molecule has 1 aliphatic carbocycles. The van der Waals surface area contributed by atoms with Crippen molar-refractivity contribution in [2.75, 3.05) is 0 Å². The van der Waals surface area contributed by atoms with Crippen LogP contribution in [0.3, 0.4) is 0 Å². The summed E-state index contributed by atoms with van der Waals surface area (Å²) in [5, 5.41) is 14.2. The lowest BCUT2D eigenvalue weighted by Crippen LogP contribution is -2.50. The van der Waals surface area contributed by atoms with Gasteiger partial charge in [0, 0.05) is 12.1 Å². The molecular weight excluding hydrogens is 208 g/mol. The topological polar surface area (TPSA) is 78.4 Å². The molecule has 5 nitrogen and oxygen atoms in total. The van der Waals surface area contributed by atoms with Crippen LogP contribution in [0.1, 0.15) is 39.5 Å². The molecule has 1 fully saturated rings. The van der Waals surface area contributed by atoms with E-state index in [2.05, 4.69) is 17.6 Å². The highest BCUT2D eigenvalue weighted by atomic mass is 16.4. The van der Waals surface area contributed by atoms with Crippen molar-refractivity contribution in [2.45, 2.75) is 51.6 Å². The van der Waals surface area contributed by atoms with Gasteiger partial charge < -0.3 is 15.7 Å². The minimum absolute atomic E-state index is 0.0228. The molecule has 0 spiro atoms. The van der Waals surface area contributed by atoms with E-state index in [0.29, 0.717) is 12.3 Å². The molecule has 2 amide bonds. The second-order valence-electron chi connectivity index (χ2n) is 4.59. The fourth-order valence-electron chi connectivity index (χ4n) is 1.94. The lowest BCUT2D eigenvalue weighted by molar-refractivity contribution is -0.137. The highest BCUT2D eigenvalue weighted by molar-refractivity contribution is 5.76. The summed E-state index contributed by atoms with van der Waals surface area (Å²) in [6.07, 6.45) is 2.64. The molecule has 92 valence electrons. The van der Waals surface area contributed by atoms with Gasteiger partial charge >= 0.3 is 12.0 Å². The van der Waals surface area contributed by atoms with Gasteiger partial charge in [-0.05, 0) is 25.2 Å². The number of carboxylic acids is 1. The molecule has 0 aromatic heterocycles. The Morgan fingerprint density at radius 1 is 1.44 bits per heavy atom. The molecule has 1 saturated carbocycles. The first-order chi connectivity index (χ1) is 7.51. The van der Waals surface area contributed by atoms with Crippen LogP contribution in [-0.2, 0) is 4.79 Å². The van der Waals surface area contributed by atoms with Crippen LogP contribution in [0.4, 0.5) is 4.79 Å². The first-order valence-electron chi connectivity index (χ1n) is 5.80. The zero-order chi connectivity index (χ0) is 12.1. The summed E-state index contributed by atoms with van der Waals surface area (Å²) in [7, 11) is 0. The summed E-state index contributed by atoms with van der Waals surface area (Å²) in [5.41, 5.74) is 0. The van der Waals surface area contributed by atoms with Crippen LogP contribution in [0.15, 0.2) is 0 Å². The molecule has 1 rings (SSSR count). The molecule has 0 aliphatic heterocycles. The zero-order valence-corrected chi connectivity index (χ0v) is 9.82. The average Bonchev–Trinajstić information content (AvgIpc) is 2.13. The first kappa shape index (κ1) is 12.8. The number of amides is 2. The van der Waals surface area contributed by atoms with Crippen molar-refractivity contribution >= 4 is 12.0 Å². The van der Waals surface area contributed by atoms with E-state index < -0.39 is 5.97 Å². The Bertz CT molecular complexity index is 262. The van der Waals surface area contributed by atoms with E-state index in [1.807, 2.05) is 6.92 Å². The van der Waals surface area contributed by atoms with Gasteiger partial charge in [0.2, 0.25) is 0 Å². The van der Waals surface area contributed by atoms with Gasteiger partial charge in [-0.1, -0.05) is 13.8 Å². The van der Waals surface area contributed by atoms with E-state index in [4.69, 9.17) is 5.11 Å². The summed E-state index contributed by atoms with van der Waals surface area (Å²) >= 11 is 0. The van der Waals surface area contributed by atoms with Crippen molar-refractivity contribution in [1.82, 2.24) is 10.6 Å². The number of hydrogen-bond acceptors (Lipinski definition) is 2. The number of carbonyl (C=O) groups is 2. The molecular formula is C11H20N2O3. The molecule has 0 saturated heterocycles. The number of aliphatic carboxylic acids is 1. The Labute approximate surface area is 95.6 Å². The largest absolute Gasteiger partial charge is 0.481 e. The van der Waals surface area contributed by atoms with Gasteiger partial charge in [-0.15, -0.1) is 0 Å². The van der Waals surface area contributed by atoms with E-state index in [1.165, 1.54) is 0 Å². The molecule has 1 aliphatic rings. The van der Waals surface area contributed by atoms with Crippen LogP contribution >= 0.6 is 0 Å². The van der Waals surface area contributed by atoms with E-state index in [-0.39, 0.29) is 24.5 Å². The second-order valence-corrected chi connectivity index (χ2v) is 4.59. The number of carbonyl (C=O) groups excluding carboxylic acids is 1. The van der Waals surface area contributed by atoms with Crippen molar-refractivity contribution in [1.29, 1.82) is 0 Å². The van der Waals surface area contributed by atoms with Crippen molar-refractivity contribution in [3.05, 3.63) is 0 Å². The predicted molar refractivity (Wildman–Crippen MR) is 60.2 cm³/mol. The van der Waals surface area contributed by atoms with Crippen LogP contribution < -0.4 is 10.6 Å². The Balaban J connectivity index is 2.23. The molecule has 1 unspecified atom stereocenters. The standard InChI is InChI=1S/C11H20N2O3/c1-3-8(6-10(14)15)12-11(16)13-9-4-7(2)5-9/h7-9H,3-6H2,1-2H3,(H,14,15)(H2,12,13,16). The van der Waals surface area contributed by atoms with Gasteiger partial charge in [0.15, 0.2) is 0 Å². The van der Waals surface area contributed by atoms with Crippen molar-refractivity contribution in [3.63, 3.8) is 0 Å². The van der Waals surface area contributed by atoms with E-state index >= 15 is 0 Å². The molecule has 3 N–H and O–H groups in total. The molecule has 0 aromatic rings. The number of carboxylic acid groups (broad SMARTS) is 1. The molecule has 0 heterocycles. The molecule has 0 radical (unpaired) electrons. The van der Waals surface area contributed by atoms with Crippen molar-refractivity contribution < 1.29 is 14.7 Å². The zero-order valence-electron chi connectivity index (χ0n) is 9.82. The summed E-state index contributed by atoms with van der Waals surface area (Å²) in [5.74, 6) is -0.198. The second kappa shape index (κ2) is 5.72. The van der Waals surface area contributed by atoms with Crippen LogP contribution in [0.5, 0.6) is 0 Å². The monoisotopic (exact) mass is 228 g/mol. The average molecular weight is 228 g/mol. The summed E-state index contributed by atoms with van der Waals surface area (Å²) in [4.78, 5) is 22.0. The highest BCUT2D eigenvalue weighted by Gasteiger charge is 2.27. The molecule has 0 aromatic carbocycles. The Hall–Kier alpha value is -1.26. The normalized spacial score (nSPS) is 25.4. The van der Waals surface area contributed by atoms with E-state index in [0.717, 1.165) is 12.8 Å². The fraction of sp³-hybridized carbons (Fsp3) is 0.818. The Morgan fingerprint density at radius 2 is 2.06 bits per heavy atom. The summed E-state index contributed by atoms with van der Waals surface area (Å²) in [6.45, 7) is 4.01. The minimum Gasteiger partial charge on any atom is -0.481 e. The predicted octanol–water partition coefficient (Wildman–Crippen LogP) is 1.34. The third-order valence-corrected chi connectivity index (χ3v) is 2.96. The summed E-state index contributed by atoms with van der Waals surface area (Å²) in [6, 6.07) is -0.266. The maximum atomic E-state index is 11.5. The number of nitrogens with one attached hydrogen (secondary N) is 2. The van der Waals surface area contributed by atoms with Crippen LogP contribution in [0.25, 0.3) is 0 Å². The Kier molecular flexibility index (Phi) is 4.58. The van der Waals surface area contributed by atoms with Crippen molar-refractivity contribution in [3.8, 4) is 0 Å². The number of rotatable bonds is 5. The molecule has 0 bridgehead atoms. The van der Waals surface area contributed by atoms with Crippen LogP contribution in [-0.4, -0.2) is 29.2 Å². The summed E-state index contributed by atoms with van der Waals surface area (Å²) < 4.78 is 0. The highest BCUT2D eigenvalue weighted by Crippen LogP contribution is 2.25. The van der Waals surface area contributed by atoms with Gasteiger partial charge in [-0.3, -0.25) is 4.79 Å². The van der Waals surface area contributed by atoms with Gasteiger partial charge in [-0.2, -0.15) is 0 Å². The fourth-order valence-corrected chi connectivity index (χ4v) is 1.94. The van der Waals surface area contributed by atoms with E-state index in [9.17, 15) is 9.59 Å². The SMILES string of the molecule is CCC(CC(=O)O)NC(=O)NC1CC(C)C1. The first-order valence-corrected chi connectivity index (χ1v) is 5.80. The smallest absolute Gasteiger partial charge is 0.315 e. The van der Waals surface area contributed by atoms with Gasteiger partial charge in [0.1, 0.15) is 0 Å². The van der Waals surface area contributed by atoms with Crippen LogP contribution in [0, 0.1) is 5.92 Å². The third-order valence-electron chi connectivity index (χ3n) is 2.96. The quantitative estimate of drug-likeness (QED) is 0.664. The molecule has 16 heavy (non-hydrogen) atoms. The van der Waals surface area contributed by atoms with Crippen LogP contribution in [0.2, 0.25) is 0 Å². The van der Waals surface area contributed by atoms with Gasteiger partial charge in [0.25, 0.3) is 0 Å². The minimum atomic E-state index is -0.885. The lowest BCUT2D eigenvalue weighted by Gasteiger charge is -2.33. The molecule has 5 heteroatoms. The lowest BCUT2D eigenvalue weighted by atomic mass is 9.82. The van der Waals surface area contributed by atoms with Gasteiger partial charge in [-0.25, -0.2) is 4.79 Å². The number of urea groups is 1. The maximum absolute atomic E-state index is 11.5. The molecule has 1 atom stereocenters. The number of hydrogen-bond donors (Lipinski definition) is 3. The Morgan fingerprint density at radius 3 is 2.50 bits per heavy atom. The van der Waals surface area contributed by atoms with Gasteiger partial charge in [0.05, 0.1) is 6.42 Å². The van der Waals surface area contributed by atoms with Crippen molar-refractivity contribution in [2.24, 2.45) is 5.92 Å². The third kappa shape index (κ3) is 4.08. The maximum Gasteiger partial charge on any atom is 0.315 e. The van der Waals surface area contributed by atoms with E-state index in [1.54, 1.807) is 0 Å².